The highest BCUT2D eigenvalue weighted by Gasteiger charge is 2.38. The summed E-state index contributed by atoms with van der Waals surface area (Å²) in [5.74, 6) is 0. The fraction of sp³-hybridized carbons (Fsp3) is 1.00. The molecule has 0 amide bonds. The van der Waals surface area contributed by atoms with E-state index in [-0.39, 0.29) is 30.6 Å². The second-order valence-corrected chi connectivity index (χ2v) is 9.24. The molecule has 0 aromatic heterocycles. The summed E-state index contributed by atoms with van der Waals surface area (Å²) in [5, 5.41) is 0. The van der Waals surface area contributed by atoms with Crippen LogP contribution in [0.2, 0.25) is 0 Å². The number of rotatable bonds is 5. The summed E-state index contributed by atoms with van der Waals surface area (Å²) < 4.78 is 63.0. The molecule has 23 heavy (non-hydrogen) atoms. The highest BCUT2D eigenvalue weighted by Crippen LogP contribution is 2.28. The molecule has 0 radical (unpaired) electrons. The van der Waals surface area contributed by atoms with Crippen molar-refractivity contribution in [1.82, 2.24) is 14.5 Å². The Morgan fingerprint density at radius 1 is 1.22 bits per heavy atom. The minimum atomic E-state index is -4.24. The second-order valence-electron chi connectivity index (χ2n) is 7.40. The monoisotopic (exact) mass is 359 g/mol. The molecule has 0 spiro atoms. The van der Waals surface area contributed by atoms with Gasteiger partial charge >= 0.3 is 6.18 Å². The maximum atomic E-state index is 12.6. The normalized spacial score (nSPS) is 23.9. The molecule has 1 heterocycles. The van der Waals surface area contributed by atoms with Crippen LogP contribution in [0.1, 0.15) is 27.7 Å². The molecule has 0 aromatic carbocycles. The molecular weight excluding hydrogens is 331 g/mol. The van der Waals surface area contributed by atoms with Gasteiger partial charge in [-0.15, -0.1) is 0 Å². The summed E-state index contributed by atoms with van der Waals surface area (Å²) in [6.07, 6.45) is -3.19. The molecule has 1 aliphatic rings. The summed E-state index contributed by atoms with van der Waals surface area (Å²) in [6.45, 7) is 8.42. The van der Waals surface area contributed by atoms with Crippen molar-refractivity contribution in [3.63, 3.8) is 0 Å². The van der Waals surface area contributed by atoms with Gasteiger partial charge in [-0.05, 0) is 12.3 Å². The maximum Gasteiger partial charge on any atom is 0.401 e. The predicted octanol–water partition coefficient (Wildman–Crippen LogP) is 1.52. The third-order valence-corrected chi connectivity index (χ3v) is 5.04. The minimum absolute atomic E-state index is 0.0461. The summed E-state index contributed by atoms with van der Waals surface area (Å²) >= 11 is 0. The van der Waals surface area contributed by atoms with Gasteiger partial charge in [0.2, 0.25) is 10.0 Å². The fourth-order valence-electron chi connectivity index (χ4n) is 2.77. The van der Waals surface area contributed by atoms with Gasteiger partial charge < -0.3 is 0 Å². The fourth-order valence-corrected chi connectivity index (χ4v) is 3.26. The number of sulfonamides is 1. The van der Waals surface area contributed by atoms with Gasteiger partial charge in [-0.2, -0.15) is 13.2 Å². The molecule has 1 N–H and O–H groups in total. The third-order valence-electron chi connectivity index (χ3n) is 4.35. The zero-order chi connectivity index (χ0) is 18.1. The number of hydrogen-bond acceptors (Lipinski definition) is 4. The van der Waals surface area contributed by atoms with Crippen molar-refractivity contribution >= 4 is 10.0 Å². The zero-order valence-corrected chi connectivity index (χ0v) is 15.3. The molecule has 0 saturated carbocycles. The molecule has 1 saturated heterocycles. The summed E-state index contributed by atoms with van der Waals surface area (Å²) in [5.41, 5.74) is -0.0461. The summed E-state index contributed by atoms with van der Waals surface area (Å²) in [4.78, 5) is 3.46. The number of alkyl halides is 3. The molecule has 0 aliphatic carbocycles. The van der Waals surface area contributed by atoms with Crippen LogP contribution in [0.5, 0.6) is 0 Å². The Labute approximate surface area is 137 Å². The first-order valence-electron chi connectivity index (χ1n) is 7.68. The second kappa shape index (κ2) is 7.25. The van der Waals surface area contributed by atoms with Gasteiger partial charge in [0.1, 0.15) is 0 Å². The van der Waals surface area contributed by atoms with E-state index in [9.17, 15) is 21.6 Å². The van der Waals surface area contributed by atoms with Crippen molar-refractivity contribution in [3.8, 4) is 0 Å². The Morgan fingerprint density at radius 2 is 1.78 bits per heavy atom. The standard InChI is InChI=1S/C14H28F3N3O2S/c1-11(13(2,3)4)20-7-6-19(10-14(15,16)17)9-12(20)8-18-23(5,21)22/h11-12,18H,6-10H2,1-5H3. The lowest BCUT2D eigenvalue weighted by Gasteiger charge is -2.48. The Morgan fingerprint density at radius 3 is 2.22 bits per heavy atom. The van der Waals surface area contributed by atoms with E-state index in [1.807, 2.05) is 6.92 Å². The number of nitrogens with one attached hydrogen (secondary N) is 1. The van der Waals surface area contributed by atoms with Crippen LogP contribution in [0, 0.1) is 5.41 Å². The van der Waals surface area contributed by atoms with Crippen molar-refractivity contribution < 1.29 is 21.6 Å². The average Bonchev–Trinajstić information content (AvgIpc) is 2.31. The maximum absolute atomic E-state index is 12.6. The molecule has 138 valence electrons. The molecule has 1 fully saturated rings. The molecule has 2 atom stereocenters. The first kappa shape index (κ1) is 20.7. The van der Waals surface area contributed by atoms with E-state index in [2.05, 4.69) is 30.4 Å². The average molecular weight is 359 g/mol. The molecule has 5 nitrogen and oxygen atoms in total. The number of piperazine rings is 1. The van der Waals surface area contributed by atoms with E-state index in [1.54, 1.807) is 0 Å². The van der Waals surface area contributed by atoms with E-state index >= 15 is 0 Å². The minimum Gasteiger partial charge on any atom is -0.293 e. The van der Waals surface area contributed by atoms with Crippen LogP contribution in [0.4, 0.5) is 13.2 Å². The smallest absolute Gasteiger partial charge is 0.293 e. The SMILES string of the molecule is CC(N1CCN(CC(F)(F)F)CC1CNS(C)(=O)=O)C(C)(C)C. The molecular formula is C14H28F3N3O2S. The van der Waals surface area contributed by atoms with Gasteiger partial charge in [0.05, 0.1) is 12.8 Å². The first-order chi connectivity index (χ1) is 10.2. The zero-order valence-electron chi connectivity index (χ0n) is 14.4. The Kier molecular flexibility index (Phi) is 6.51. The van der Waals surface area contributed by atoms with E-state index in [4.69, 9.17) is 0 Å². The van der Waals surface area contributed by atoms with Crippen molar-refractivity contribution in [3.05, 3.63) is 0 Å². The number of halogens is 3. The van der Waals surface area contributed by atoms with Gasteiger partial charge in [0.15, 0.2) is 0 Å². The van der Waals surface area contributed by atoms with Crippen molar-refractivity contribution in [1.29, 1.82) is 0 Å². The van der Waals surface area contributed by atoms with Gasteiger partial charge in [-0.3, -0.25) is 9.80 Å². The molecule has 1 rings (SSSR count). The highest BCUT2D eigenvalue weighted by atomic mass is 32.2. The number of hydrogen-bond donors (Lipinski definition) is 1. The van der Waals surface area contributed by atoms with E-state index in [1.165, 1.54) is 4.90 Å². The van der Waals surface area contributed by atoms with Crippen LogP contribution in [0.15, 0.2) is 0 Å². The lowest BCUT2D eigenvalue weighted by Crippen LogP contribution is -2.62. The van der Waals surface area contributed by atoms with Crippen molar-refractivity contribution in [2.24, 2.45) is 5.41 Å². The molecule has 0 bridgehead atoms. The number of nitrogens with zero attached hydrogens (tertiary/aromatic N) is 2. The van der Waals surface area contributed by atoms with Crippen molar-refractivity contribution in [2.45, 2.75) is 46.0 Å². The molecule has 9 heteroatoms. The Balaban J connectivity index is 2.85. The van der Waals surface area contributed by atoms with Crippen LogP contribution >= 0.6 is 0 Å². The van der Waals surface area contributed by atoms with E-state index < -0.39 is 22.7 Å². The van der Waals surface area contributed by atoms with Gasteiger partial charge in [0, 0.05) is 38.3 Å². The predicted molar refractivity (Wildman–Crippen MR) is 84.8 cm³/mol. The van der Waals surface area contributed by atoms with E-state index in [0.717, 1.165) is 6.26 Å². The third kappa shape index (κ3) is 7.36. The van der Waals surface area contributed by atoms with Crippen molar-refractivity contribution in [2.75, 3.05) is 39.0 Å². The van der Waals surface area contributed by atoms with Crippen LogP contribution in [-0.2, 0) is 10.0 Å². The summed E-state index contributed by atoms with van der Waals surface area (Å²) in [7, 11) is -3.38. The summed E-state index contributed by atoms with van der Waals surface area (Å²) in [6, 6.07) is -0.156. The van der Waals surface area contributed by atoms with E-state index in [0.29, 0.717) is 13.1 Å². The molecule has 1 aliphatic heterocycles. The van der Waals surface area contributed by atoms with Crippen LogP contribution in [0.3, 0.4) is 0 Å². The molecule has 0 aromatic rings. The lowest BCUT2D eigenvalue weighted by atomic mass is 9.85. The molecule has 2 unspecified atom stereocenters. The van der Waals surface area contributed by atoms with Crippen LogP contribution < -0.4 is 4.72 Å². The quantitative estimate of drug-likeness (QED) is 0.809. The van der Waals surface area contributed by atoms with Gasteiger partial charge in [-0.25, -0.2) is 13.1 Å². The van der Waals surface area contributed by atoms with Crippen LogP contribution in [-0.4, -0.2) is 75.5 Å². The largest absolute Gasteiger partial charge is 0.401 e. The topological polar surface area (TPSA) is 52.6 Å². The first-order valence-corrected chi connectivity index (χ1v) is 9.58. The van der Waals surface area contributed by atoms with Crippen LogP contribution in [0.25, 0.3) is 0 Å². The Bertz CT molecular complexity index is 488. The van der Waals surface area contributed by atoms with Gasteiger partial charge in [-0.1, -0.05) is 20.8 Å². The lowest BCUT2D eigenvalue weighted by molar-refractivity contribution is -0.153. The Hall–Kier alpha value is -0.380. The highest BCUT2D eigenvalue weighted by molar-refractivity contribution is 7.88. The van der Waals surface area contributed by atoms with Gasteiger partial charge in [0.25, 0.3) is 0 Å².